The molecule has 17 heavy (non-hydrogen) atoms. The number of hydrogen-bond acceptors (Lipinski definition) is 2. The van der Waals surface area contributed by atoms with Crippen LogP contribution >= 0.6 is 0 Å². The van der Waals surface area contributed by atoms with Gasteiger partial charge in [-0.3, -0.25) is 0 Å². The van der Waals surface area contributed by atoms with Crippen LogP contribution in [0.2, 0.25) is 0 Å². The molecule has 104 valence electrons. The minimum absolute atomic E-state index is 0.526. The maximum atomic E-state index is 9.53. The van der Waals surface area contributed by atoms with Crippen LogP contribution in [0.3, 0.4) is 0 Å². The van der Waals surface area contributed by atoms with E-state index in [1.54, 1.807) is 0 Å². The average Bonchev–Trinajstić information content (AvgIpc) is 2.33. The van der Waals surface area contributed by atoms with Crippen molar-refractivity contribution in [3.63, 3.8) is 0 Å². The van der Waals surface area contributed by atoms with Gasteiger partial charge in [-0.1, -0.05) is 65.2 Å². The molecule has 0 aromatic carbocycles. The van der Waals surface area contributed by atoms with Crippen LogP contribution in [-0.2, 0) is 4.74 Å². The van der Waals surface area contributed by atoms with Crippen molar-refractivity contribution in [2.45, 2.75) is 90.8 Å². The fourth-order valence-corrected chi connectivity index (χ4v) is 1.90. The molecule has 1 N–H and O–H groups in total. The highest BCUT2D eigenvalue weighted by molar-refractivity contribution is 4.48. The van der Waals surface area contributed by atoms with Crippen molar-refractivity contribution in [3.8, 4) is 0 Å². The summed E-state index contributed by atoms with van der Waals surface area (Å²) in [6, 6.07) is 0. The Balaban J connectivity index is 3.05. The fourth-order valence-electron chi connectivity index (χ4n) is 1.90. The molecule has 0 fully saturated rings. The lowest BCUT2D eigenvalue weighted by molar-refractivity contribution is -0.104. The molecule has 1 unspecified atom stereocenters. The Bertz CT molecular complexity index is 137. The molecule has 0 aromatic heterocycles. The molecule has 0 radical (unpaired) electrons. The topological polar surface area (TPSA) is 29.5 Å². The standard InChI is InChI=1S/C15H32O2/c1-3-5-7-8-9-10-11-12-13-15(16)17-14-6-4-2/h15-16H,3-14H2,1-2H3. The molecule has 0 rings (SSSR count). The predicted octanol–water partition coefficient (Wildman–Crippen LogP) is 4.65. The largest absolute Gasteiger partial charge is 0.368 e. The van der Waals surface area contributed by atoms with Crippen molar-refractivity contribution in [3.05, 3.63) is 0 Å². The summed E-state index contributed by atoms with van der Waals surface area (Å²) in [7, 11) is 0. The van der Waals surface area contributed by atoms with E-state index in [4.69, 9.17) is 4.74 Å². The normalized spacial score (nSPS) is 12.9. The van der Waals surface area contributed by atoms with Crippen LogP contribution in [-0.4, -0.2) is 18.0 Å². The van der Waals surface area contributed by atoms with Crippen molar-refractivity contribution < 1.29 is 9.84 Å². The Kier molecular flexibility index (Phi) is 13.9. The summed E-state index contributed by atoms with van der Waals surface area (Å²) in [4.78, 5) is 0. The smallest absolute Gasteiger partial charge is 0.154 e. The molecule has 0 saturated heterocycles. The number of ether oxygens (including phenoxy) is 1. The van der Waals surface area contributed by atoms with Gasteiger partial charge in [0, 0.05) is 6.61 Å². The van der Waals surface area contributed by atoms with E-state index in [0.29, 0.717) is 6.61 Å². The summed E-state index contributed by atoms with van der Waals surface area (Å²) in [5.74, 6) is 0. The summed E-state index contributed by atoms with van der Waals surface area (Å²) in [5, 5.41) is 9.53. The Morgan fingerprint density at radius 3 is 1.88 bits per heavy atom. The molecule has 0 aliphatic rings. The zero-order valence-electron chi connectivity index (χ0n) is 11.9. The second-order valence-electron chi connectivity index (χ2n) is 4.94. The van der Waals surface area contributed by atoms with Crippen molar-refractivity contribution in [2.75, 3.05) is 6.61 Å². The summed E-state index contributed by atoms with van der Waals surface area (Å²) in [6.07, 6.45) is 12.9. The minimum atomic E-state index is -0.526. The van der Waals surface area contributed by atoms with Crippen molar-refractivity contribution in [2.24, 2.45) is 0 Å². The second kappa shape index (κ2) is 14.0. The van der Waals surface area contributed by atoms with Crippen molar-refractivity contribution in [1.82, 2.24) is 0 Å². The maximum absolute atomic E-state index is 9.53. The van der Waals surface area contributed by atoms with E-state index < -0.39 is 6.29 Å². The van der Waals surface area contributed by atoms with Gasteiger partial charge in [-0.05, 0) is 19.3 Å². The van der Waals surface area contributed by atoms with E-state index in [0.717, 1.165) is 25.7 Å². The summed E-state index contributed by atoms with van der Waals surface area (Å²) in [6.45, 7) is 5.09. The van der Waals surface area contributed by atoms with Crippen molar-refractivity contribution in [1.29, 1.82) is 0 Å². The Labute approximate surface area is 108 Å². The Morgan fingerprint density at radius 2 is 1.29 bits per heavy atom. The van der Waals surface area contributed by atoms with E-state index in [1.807, 2.05) is 0 Å². The van der Waals surface area contributed by atoms with E-state index in [1.165, 1.54) is 44.9 Å². The lowest BCUT2D eigenvalue weighted by atomic mass is 10.1. The molecule has 0 aliphatic heterocycles. The quantitative estimate of drug-likeness (QED) is 0.377. The van der Waals surface area contributed by atoms with Gasteiger partial charge in [0.2, 0.25) is 0 Å². The van der Waals surface area contributed by atoms with Gasteiger partial charge in [0.25, 0.3) is 0 Å². The SMILES string of the molecule is CCCCCCCCCCC(O)OCCCC. The number of aliphatic hydroxyl groups excluding tert-OH is 1. The third-order valence-electron chi connectivity index (χ3n) is 3.11. The summed E-state index contributed by atoms with van der Waals surface area (Å²) < 4.78 is 5.30. The molecule has 2 nitrogen and oxygen atoms in total. The van der Waals surface area contributed by atoms with Crippen LogP contribution in [0.5, 0.6) is 0 Å². The zero-order chi connectivity index (χ0) is 12.8. The molecule has 0 amide bonds. The van der Waals surface area contributed by atoms with Gasteiger partial charge in [0.15, 0.2) is 6.29 Å². The predicted molar refractivity (Wildman–Crippen MR) is 74.1 cm³/mol. The summed E-state index contributed by atoms with van der Waals surface area (Å²) >= 11 is 0. The molecule has 0 spiro atoms. The minimum Gasteiger partial charge on any atom is -0.368 e. The van der Waals surface area contributed by atoms with Gasteiger partial charge >= 0.3 is 0 Å². The molecule has 1 atom stereocenters. The molecule has 0 aliphatic carbocycles. The Morgan fingerprint density at radius 1 is 0.765 bits per heavy atom. The van der Waals surface area contributed by atoms with Gasteiger partial charge in [-0.2, -0.15) is 0 Å². The first kappa shape index (κ1) is 16.9. The average molecular weight is 244 g/mol. The molecular formula is C15H32O2. The molecular weight excluding hydrogens is 212 g/mol. The molecule has 0 bridgehead atoms. The first-order valence-corrected chi connectivity index (χ1v) is 7.61. The van der Waals surface area contributed by atoms with Crippen LogP contribution in [0.1, 0.15) is 84.5 Å². The van der Waals surface area contributed by atoms with Gasteiger partial charge in [0.1, 0.15) is 0 Å². The third kappa shape index (κ3) is 13.9. The van der Waals surface area contributed by atoms with Gasteiger partial charge in [0.05, 0.1) is 0 Å². The number of aliphatic hydroxyl groups is 1. The van der Waals surface area contributed by atoms with Crippen LogP contribution in [0.15, 0.2) is 0 Å². The maximum Gasteiger partial charge on any atom is 0.154 e. The highest BCUT2D eigenvalue weighted by Gasteiger charge is 2.02. The van der Waals surface area contributed by atoms with E-state index in [2.05, 4.69) is 13.8 Å². The second-order valence-corrected chi connectivity index (χ2v) is 4.94. The monoisotopic (exact) mass is 244 g/mol. The van der Waals surface area contributed by atoms with E-state index in [9.17, 15) is 5.11 Å². The third-order valence-corrected chi connectivity index (χ3v) is 3.11. The molecule has 0 saturated carbocycles. The first-order chi connectivity index (χ1) is 8.31. The van der Waals surface area contributed by atoms with Gasteiger partial charge < -0.3 is 9.84 Å². The molecule has 0 heterocycles. The lowest BCUT2D eigenvalue weighted by Crippen LogP contribution is -2.12. The van der Waals surface area contributed by atoms with Crippen molar-refractivity contribution >= 4 is 0 Å². The van der Waals surface area contributed by atoms with Gasteiger partial charge in [-0.15, -0.1) is 0 Å². The number of unbranched alkanes of at least 4 members (excludes halogenated alkanes) is 8. The van der Waals surface area contributed by atoms with E-state index >= 15 is 0 Å². The lowest BCUT2D eigenvalue weighted by Gasteiger charge is -2.11. The first-order valence-electron chi connectivity index (χ1n) is 7.61. The fraction of sp³-hybridized carbons (Fsp3) is 1.00. The van der Waals surface area contributed by atoms with Crippen LogP contribution in [0.4, 0.5) is 0 Å². The number of hydrogen-bond donors (Lipinski definition) is 1. The highest BCUT2D eigenvalue weighted by Crippen LogP contribution is 2.11. The molecule has 2 heteroatoms. The Hall–Kier alpha value is -0.0800. The zero-order valence-corrected chi connectivity index (χ0v) is 11.9. The van der Waals surface area contributed by atoms with Gasteiger partial charge in [-0.25, -0.2) is 0 Å². The highest BCUT2D eigenvalue weighted by atomic mass is 16.6. The van der Waals surface area contributed by atoms with E-state index in [-0.39, 0.29) is 0 Å². The molecule has 0 aromatic rings. The van der Waals surface area contributed by atoms with Crippen LogP contribution < -0.4 is 0 Å². The van der Waals surface area contributed by atoms with Crippen LogP contribution in [0, 0.1) is 0 Å². The summed E-state index contributed by atoms with van der Waals surface area (Å²) in [5.41, 5.74) is 0. The number of rotatable bonds is 13. The van der Waals surface area contributed by atoms with Crippen LogP contribution in [0.25, 0.3) is 0 Å².